The average Bonchev–Trinajstić information content (AvgIpc) is 2.57. The van der Waals surface area contributed by atoms with Crippen LogP contribution in [0.5, 0.6) is 0 Å². The zero-order chi connectivity index (χ0) is 16.1. The summed E-state index contributed by atoms with van der Waals surface area (Å²) in [6.07, 6.45) is 1.18. The molecule has 21 heavy (non-hydrogen) atoms. The van der Waals surface area contributed by atoms with Crippen LogP contribution in [0.3, 0.4) is 0 Å². The monoisotopic (exact) mass is 311 g/mol. The van der Waals surface area contributed by atoms with Crippen molar-refractivity contribution in [1.82, 2.24) is 0 Å². The van der Waals surface area contributed by atoms with E-state index in [1.54, 1.807) is 18.2 Å². The van der Waals surface area contributed by atoms with Gasteiger partial charge in [-0.05, 0) is 45.3 Å². The number of anilines is 1. The van der Waals surface area contributed by atoms with E-state index in [1.807, 2.05) is 33.8 Å². The third kappa shape index (κ3) is 3.10. The van der Waals surface area contributed by atoms with Crippen molar-refractivity contribution in [2.45, 2.75) is 38.9 Å². The van der Waals surface area contributed by atoms with Crippen LogP contribution in [-0.4, -0.2) is 40.0 Å². The van der Waals surface area contributed by atoms with Gasteiger partial charge in [0, 0.05) is 7.05 Å². The number of hydrogen-bond acceptors (Lipinski definition) is 4. The Morgan fingerprint density at radius 2 is 1.62 bits per heavy atom. The first kappa shape index (κ1) is 16.3. The lowest BCUT2D eigenvalue weighted by Crippen LogP contribution is -2.41. The first-order chi connectivity index (χ1) is 9.44. The molecule has 0 aliphatic carbocycles. The smallest absolute Gasteiger partial charge is 0.399 e. The van der Waals surface area contributed by atoms with E-state index in [2.05, 4.69) is 0 Å². The zero-order valence-electron chi connectivity index (χ0n) is 13.4. The highest BCUT2D eigenvalue weighted by molar-refractivity contribution is 7.92. The lowest BCUT2D eigenvalue weighted by molar-refractivity contribution is 0.00578. The van der Waals surface area contributed by atoms with E-state index < -0.39 is 28.3 Å². The Morgan fingerprint density at radius 1 is 1.10 bits per heavy atom. The molecular weight excluding hydrogens is 289 g/mol. The van der Waals surface area contributed by atoms with E-state index in [9.17, 15) is 8.42 Å². The maximum Gasteiger partial charge on any atom is 0.494 e. The van der Waals surface area contributed by atoms with Gasteiger partial charge in [-0.15, -0.1) is 0 Å². The number of rotatable bonds is 3. The maximum absolute atomic E-state index is 11.6. The molecule has 0 bridgehead atoms. The van der Waals surface area contributed by atoms with Gasteiger partial charge in [0.15, 0.2) is 0 Å². The molecule has 0 radical (unpaired) electrons. The summed E-state index contributed by atoms with van der Waals surface area (Å²) in [5, 5.41) is 0. The molecule has 0 unspecified atom stereocenters. The molecule has 5 nitrogen and oxygen atoms in total. The second kappa shape index (κ2) is 5.00. The van der Waals surface area contributed by atoms with Gasteiger partial charge in [0.05, 0.1) is 23.1 Å². The topological polar surface area (TPSA) is 55.8 Å². The Kier molecular flexibility index (Phi) is 3.89. The van der Waals surface area contributed by atoms with Gasteiger partial charge in [0.2, 0.25) is 10.0 Å². The average molecular weight is 311 g/mol. The molecule has 0 atom stereocenters. The van der Waals surface area contributed by atoms with Crippen molar-refractivity contribution in [3.8, 4) is 0 Å². The molecule has 1 aromatic carbocycles. The van der Waals surface area contributed by atoms with E-state index in [4.69, 9.17) is 9.31 Å². The summed E-state index contributed by atoms with van der Waals surface area (Å²) in [4.78, 5) is 0. The van der Waals surface area contributed by atoms with E-state index >= 15 is 0 Å². The highest BCUT2D eigenvalue weighted by Crippen LogP contribution is 2.36. The Labute approximate surface area is 127 Å². The predicted molar refractivity (Wildman–Crippen MR) is 85.4 cm³/mol. The fraction of sp³-hybridized carbons (Fsp3) is 0.571. The van der Waals surface area contributed by atoms with E-state index in [0.29, 0.717) is 5.69 Å². The normalized spacial score (nSPS) is 20.6. The Bertz CT molecular complexity index is 626. The first-order valence-corrected chi connectivity index (χ1v) is 8.68. The molecule has 0 saturated carbocycles. The van der Waals surface area contributed by atoms with Crippen molar-refractivity contribution >= 4 is 28.3 Å². The summed E-state index contributed by atoms with van der Waals surface area (Å²) >= 11 is 0. The van der Waals surface area contributed by atoms with Crippen LogP contribution in [0.1, 0.15) is 27.7 Å². The molecule has 0 aromatic heterocycles. The van der Waals surface area contributed by atoms with Gasteiger partial charge >= 0.3 is 7.12 Å². The van der Waals surface area contributed by atoms with Crippen molar-refractivity contribution < 1.29 is 17.7 Å². The number of nitrogens with zero attached hydrogens (tertiary/aromatic N) is 1. The second-order valence-electron chi connectivity index (χ2n) is 6.41. The molecule has 1 aliphatic heterocycles. The van der Waals surface area contributed by atoms with Gasteiger partial charge in [-0.25, -0.2) is 8.42 Å². The summed E-state index contributed by atoms with van der Waals surface area (Å²) in [5.41, 5.74) is 0.554. The van der Waals surface area contributed by atoms with Gasteiger partial charge in [-0.1, -0.05) is 12.1 Å². The number of benzene rings is 1. The molecule has 0 amide bonds. The Hall–Kier alpha value is -1.05. The SMILES string of the molecule is CN(c1cccc(B2OC(C)(C)C(C)(C)O2)c1)S(C)(=O)=O. The Morgan fingerprint density at radius 3 is 2.10 bits per heavy atom. The summed E-state index contributed by atoms with van der Waals surface area (Å²) in [6.45, 7) is 7.94. The summed E-state index contributed by atoms with van der Waals surface area (Å²) in [5.74, 6) is 0. The van der Waals surface area contributed by atoms with Gasteiger partial charge in [0.1, 0.15) is 0 Å². The van der Waals surface area contributed by atoms with Crippen LogP contribution in [0.25, 0.3) is 0 Å². The van der Waals surface area contributed by atoms with Crippen molar-refractivity contribution in [2.24, 2.45) is 0 Å². The number of hydrogen-bond donors (Lipinski definition) is 0. The van der Waals surface area contributed by atoms with Crippen LogP contribution in [0, 0.1) is 0 Å². The first-order valence-electron chi connectivity index (χ1n) is 6.83. The molecule has 0 spiro atoms. The fourth-order valence-corrected chi connectivity index (χ4v) is 2.53. The van der Waals surface area contributed by atoms with Gasteiger partial charge < -0.3 is 9.31 Å². The second-order valence-corrected chi connectivity index (χ2v) is 8.43. The van der Waals surface area contributed by atoms with Crippen molar-refractivity contribution in [1.29, 1.82) is 0 Å². The quantitative estimate of drug-likeness (QED) is 0.792. The van der Waals surface area contributed by atoms with E-state index in [1.165, 1.54) is 17.6 Å². The van der Waals surface area contributed by atoms with Gasteiger partial charge in [-0.2, -0.15) is 0 Å². The van der Waals surface area contributed by atoms with Crippen LogP contribution in [-0.2, 0) is 19.3 Å². The van der Waals surface area contributed by atoms with E-state index in [-0.39, 0.29) is 0 Å². The van der Waals surface area contributed by atoms with Crippen LogP contribution in [0.2, 0.25) is 0 Å². The van der Waals surface area contributed by atoms with Crippen molar-refractivity contribution in [2.75, 3.05) is 17.6 Å². The predicted octanol–water partition coefficient (Wildman–Crippen LogP) is 1.38. The molecule has 1 saturated heterocycles. The molecule has 116 valence electrons. The highest BCUT2D eigenvalue weighted by atomic mass is 32.2. The molecule has 1 aromatic rings. The molecule has 2 rings (SSSR count). The minimum Gasteiger partial charge on any atom is -0.399 e. The third-order valence-corrected chi connectivity index (χ3v) is 5.46. The summed E-state index contributed by atoms with van der Waals surface area (Å²) in [6, 6.07) is 7.21. The fourth-order valence-electron chi connectivity index (χ4n) is 2.04. The van der Waals surface area contributed by atoms with Crippen molar-refractivity contribution in [3.63, 3.8) is 0 Å². The lowest BCUT2D eigenvalue weighted by Gasteiger charge is -2.32. The largest absolute Gasteiger partial charge is 0.494 e. The lowest BCUT2D eigenvalue weighted by atomic mass is 9.79. The minimum atomic E-state index is -3.29. The van der Waals surface area contributed by atoms with Gasteiger partial charge in [-0.3, -0.25) is 4.31 Å². The van der Waals surface area contributed by atoms with Gasteiger partial charge in [0.25, 0.3) is 0 Å². The Balaban J connectivity index is 2.32. The summed E-state index contributed by atoms with van der Waals surface area (Å²) < 4.78 is 36.5. The maximum atomic E-state index is 11.6. The zero-order valence-corrected chi connectivity index (χ0v) is 14.2. The third-order valence-electron chi connectivity index (χ3n) is 4.26. The van der Waals surface area contributed by atoms with Crippen LogP contribution in [0.4, 0.5) is 5.69 Å². The van der Waals surface area contributed by atoms with Crippen molar-refractivity contribution in [3.05, 3.63) is 24.3 Å². The van der Waals surface area contributed by atoms with Crippen LogP contribution in [0.15, 0.2) is 24.3 Å². The molecule has 1 aliphatic rings. The van der Waals surface area contributed by atoms with E-state index in [0.717, 1.165) is 5.46 Å². The molecule has 1 fully saturated rings. The molecule has 1 heterocycles. The highest BCUT2D eigenvalue weighted by Gasteiger charge is 2.51. The minimum absolute atomic E-state index is 0.420. The van der Waals surface area contributed by atoms with Crippen LogP contribution >= 0.6 is 0 Å². The molecule has 7 heteroatoms. The molecule has 0 N–H and O–H groups in total. The molecular formula is C14H22BNO4S. The number of sulfonamides is 1. The summed E-state index contributed by atoms with van der Waals surface area (Å²) in [7, 11) is -2.26. The van der Waals surface area contributed by atoms with Crippen LogP contribution < -0.4 is 9.77 Å². The standard InChI is InChI=1S/C14H22BNO4S/c1-13(2)14(3,4)20-15(19-13)11-8-7-9-12(10-11)16(5)21(6,17)18/h7-10H,1-6H3.